The number of anilines is 1. The first-order valence-corrected chi connectivity index (χ1v) is 10.8. The second-order valence-electron chi connectivity index (χ2n) is 7.03. The molecule has 1 atom stereocenters. The number of pyridine rings is 1. The predicted molar refractivity (Wildman–Crippen MR) is 124 cm³/mol. The summed E-state index contributed by atoms with van der Waals surface area (Å²) < 4.78 is 0. The van der Waals surface area contributed by atoms with E-state index in [1.54, 1.807) is 6.21 Å². The van der Waals surface area contributed by atoms with E-state index in [4.69, 9.17) is 4.84 Å². The Morgan fingerprint density at radius 3 is 2.61 bits per heavy atom. The molecule has 3 aromatic carbocycles. The van der Waals surface area contributed by atoms with Gasteiger partial charge in [0.2, 0.25) is 0 Å². The Bertz CT molecular complexity index is 1260. The summed E-state index contributed by atoms with van der Waals surface area (Å²) in [5, 5.41) is 1.81. The van der Waals surface area contributed by atoms with Crippen LogP contribution in [-0.2, 0) is 16.2 Å². The topological polar surface area (TPSA) is 54.8 Å². The molecule has 0 bridgehead atoms. The minimum atomic E-state index is -0.611. The van der Waals surface area contributed by atoms with E-state index in [0.29, 0.717) is 0 Å². The van der Waals surface area contributed by atoms with Crippen LogP contribution in [0.2, 0.25) is 0 Å². The third-order valence-corrected chi connectivity index (χ3v) is 6.04. The molecule has 0 saturated carbocycles. The van der Waals surface area contributed by atoms with Gasteiger partial charge >= 0.3 is 0 Å². The number of hydrogen-bond acceptors (Lipinski definition) is 5. The molecular formula is C25H19N3O2S. The summed E-state index contributed by atoms with van der Waals surface area (Å²) in [6, 6.07) is 29.3. The number of para-hydroxylation sites is 2. The van der Waals surface area contributed by atoms with Crippen molar-refractivity contribution in [3.8, 4) is 0 Å². The fourth-order valence-corrected chi connectivity index (χ4v) is 4.34. The van der Waals surface area contributed by atoms with Crippen LogP contribution in [0.1, 0.15) is 11.3 Å². The fraction of sp³-hybridized carbons (Fsp3) is 0.0800. The molecule has 0 spiro atoms. The number of amides is 1. The van der Waals surface area contributed by atoms with Gasteiger partial charge in [-0.3, -0.25) is 19.6 Å². The first-order chi connectivity index (χ1) is 15.3. The van der Waals surface area contributed by atoms with E-state index < -0.39 is 5.37 Å². The summed E-state index contributed by atoms with van der Waals surface area (Å²) in [5.74, 6) is -0.211. The van der Waals surface area contributed by atoms with E-state index in [0.717, 1.165) is 32.7 Å². The van der Waals surface area contributed by atoms with Crippen molar-refractivity contribution in [2.75, 3.05) is 5.06 Å². The van der Waals surface area contributed by atoms with E-state index in [9.17, 15) is 4.79 Å². The molecule has 4 aromatic rings. The summed E-state index contributed by atoms with van der Waals surface area (Å²) in [6.45, 7) is 0.185. The normalized spacial score (nSPS) is 16.1. The predicted octanol–water partition coefficient (Wildman–Crippen LogP) is 5.25. The van der Waals surface area contributed by atoms with Crippen LogP contribution in [0.4, 0.5) is 5.69 Å². The first kappa shape index (κ1) is 19.5. The number of rotatable bonds is 5. The summed E-state index contributed by atoms with van der Waals surface area (Å²) in [5.41, 5.74) is 3.33. The van der Waals surface area contributed by atoms with Gasteiger partial charge in [0.1, 0.15) is 6.61 Å². The molecule has 1 aliphatic rings. The highest BCUT2D eigenvalue weighted by Gasteiger charge is 2.34. The van der Waals surface area contributed by atoms with Crippen LogP contribution in [0.25, 0.3) is 10.9 Å². The van der Waals surface area contributed by atoms with Crippen LogP contribution < -0.4 is 5.06 Å². The molecule has 31 heavy (non-hydrogen) atoms. The van der Waals surface area contributed by atoms with Crippen LogP contribution in [0.15, 0.2) is 101 Å². The van der Waals surface area contributed by atoms with Crippen molar-refractivity contribution in [2.45, 2.75) is 16.9 Å². The molecule has 5 rings (SSSR count). The minimum Gasteiger partial charge on any atom is -0.269 e. The number of hydrogen-bond donors (Lipinski definition) is 0. The van der Waals surface area contributed by atoms with Crippen LogP contribution in [0.3, 0.4) is 0 Å². The molecule has 0 saturated heterocycles. The van der Waals surface area contributed by atoms with E-state index in [2.05, 4.69) is 9.98 Å². The van der Waals surface area contributed by atoms with Crippen molar-refractivity contribution in [3.63, 3.8) is 0 Å². The van der Waals surface area contributed by atoms with Crippen LogP contribution in [-0.4, -0.2) is 22.5 Å². The number of aliphatic imine (C=N–C) groups is 1. The second kappa shape index (κ2) is 8.71. The van der Waals surface area contributed by atoms with Gasteiger partial charge in [0, 0.05) is 16.5 Å². The van der Waals surface area contributed by atoms with Gasteiger partial charge in [-0.2, -0.15) is 5.06 Å². The number of fused-ring (bicyclic) bond motifs is 2. The summed E-state index contributed by atoms with van der Waals surface area (Å²) in [7, 11) is 0. The third-order valence-electron chi connectivity index (χ3n) is 4.89. The fourth-order valence-electron chi connectivity index (χ4n) is 3.35. The Labute approximate surface area is 184 Å². The lowest BCUT2D eigenvalue weighted by atomic mass is 10.2. The average Bonchev–Trinajstić information content (AvgIpc) is 2.83. The smallest absolute Gasteiger partial charge is 0.269 e. The Morgan fingerprint density at radius 2 is 1.71 bits per heavy atom. The molecule has 6 heteroatoms. The zero-order valence-electron chi connectivity index (χ0n) is 16.6. The quantitative estimate of drug-likeness (QED) is 0.410. The van der Waals surface area contributed by atoms with Gasteiger partial charge in [-0.15, -0.1) is 0 Å². The number of thioether (sulfide) groups is 1. The Balaban J connectivity index is 1.39. The van der Waals surface area contributed by atoms with Crippen molar-refractivity contribution in [2.24, 2.45) is 4.99 Å². The van der Waals surface area contributed by atoms with Gasteiger partial charge in [-0.05, 0) is 29.8 Å². The van der Waals surface area contributed by atoms with Gasteiger partial charge in [-0.1, -0.05) is 78.5 Å². The van der Waals surface area contributed by atoms with Crippen molar-refractivity contribution in [1.29, 1.82) is 0 Å². The molecule has 0 fully saturated rings. The highest BCUT2D eigenvalue weighted by molar-refractivity contribution is 8.01. The van der Waals surface area contributed by atoms with Crippen molar-refractivity contribution in [3.05, 3.63) is 102 Å². The third kappa shape index (κ3) is 4.21. The second-order valence-corrected chi connectivity index (χ2v) is 8.15. The van der Waals surface area contributed by atoms with Crippen LogP contribution in [0, 0.1) is 0 Å². The lowest BCUT2D eigenvalue weighted by molar-refractivity contribution is -0.126. The number of carbonyl (C=O) groups is 1. The zero-order valence-corrected chi connectivity index (χ0v) is 17.4. The van der Waals surface area contributed by atoms with Gasteiger partial charge in [-0.25, -0.2) is 0 Å². The molecule has 0 radical (unpaired) electrons. The van der Waals surface area contributed by atoms with Gasteiger partial charge in [0.15, 0.2) is 5.37 Å². The van der Waals surface area contributed by atoms with E-state index >= 15 is 0 Å². The van der Waals surface area contributed by atoms with Gasteiger partial charge in [0.05, 0.1) is 16.9 Å². The molecule has 2 heterocycles. The lowest BCUT2D eigenvalue weighted by Crippen LogP contribution is -2.40. The Morgan fingerprint density at radius 1 is 0.935 bits per heavy atom. The van der Waals surface area contributed by atoms with Gasteiger partial charge < -0.3 is 0 Å². The molecule has 0 aliphatic carbocycles. The van der Waals surface area contributed by atoms with E-state index in [-0.39, 0.29) is 12.5 Å². The maximum absolute atomic E-state index is 13.2. The highest BCUT2D eigenvalue weighted by atomic mass is 32.2. The van der Waals surface area contributed by atoms with E-state index in [1.807, 2.05) is 91.0 Å². The molecule has 1 aliphatic heterocycles. The molecule has 152 valence electrons. The van der Waals surface area contributed by atoms with Crippen molar-refractivity contribution < 1.29 is 9.63 Å². The van der Waals surface area contributed by atoms with Crippen molar-refractivity contribution >= 4 is 40.5 Å². The van der Waals surface area contributed by atoms with Crippen LogP contribution >= 0.6 is 11.8 Å². The SMILES string of the molecule is O=C1C(N=Cc2ccccc2)Sc2ccccc2N1OCc1ccc2ccccc2n1. The molecule has 5 nitrogen and oxygen atoms in total. The monoisotopic (exact) mass is 425 g/mol. The largest absolute Gasteiger partial charge is 0.286 e. The Kier molecular flexibility index (Phi) is 5.48. The molecule has 0 N–H and O–H groups in total. The number of benzene rings is 3. The number of hydroxylamine groups is 1. The number of nitrogens with zero attached hydrogens (tertiary/aromatic N) is 3. The van der Waals surface area contributed by atoms with Crippen LogP contribution in [0.5, 0.6) is 0 Å². The highest BCUT2D eigenvalue weighted by Crippen LogP contribution is 2.39. The maximum Gasteiger partial charge on any atom is 0.286 e. The van der Waals surface area contributed by atoms with E-state index in [1.165, 1.54) is 16.8 Å². The lowest BCUT2D eigenvalue weighted by Gasteiger charge is -2.30. The summed E-state index contributed by atoms with van der Waals surface area (Å²) in [6.07, 6.45) is 1.73. The molecule has 1 amide bonds. The molecule has 1 unspecified atom stereocenters. The minimum absolute atomic E-state index is 0.185. The molecular weight excluding hydrogens is 406 g/mol. The summed E-state index contributed by atoms with van der Waals surface area (Å²) >= 11 is 1.43. The average molecular weight is 426 g/mol. The Hall–Kier alpha value is -3.48. The number of carbonyl (C=O) groups excluding carboxylic acids is 1. The zero-order chi connectivity index (χ0) is 21.0. The van der Waals surface area contributed by atoms with Gasteiger partial charge in [0.25, 0.3) is 5.91 Å². The number of aromatic nitrogens is 1. The summed E-state index contributed by atoms with van der Waals surface area (Å²) in [4.78, 5) is 29.3. The molecule has 1 aromatic heterocycles. The maximum atomic E-state index is 13.2. The first-order valence-electron chi connectivity index (χ1n) is 9.93. The standard InChI is InChI=1S/C25H19N3O2S/c29-25-24(26-16-18-8-2-1-3-9-18)31-23-13-7-6-12-22(23)28(25)30-17-20-15-14-19-10-4-5-11-21(19)27-20/h1-16,24H,17H2. The van der Waals surface area contributed by atoms with Crippen molar-refractivity contribution in [1.82, 2.24) is 4.98 Å².